The Bertz CT molecular complexity index is 1050. The molecular formula is C21H20ClN3O4S. The molecule has 2 aromatic carbocycles. The molecule has 0 saturated carbocycles. The van der Waals surface area contributed by atoms with Crippen LogP contribution < -0.4 is 9.47 Å². The number of aliphatic carboxylic acids is 1. The fourth-order valence-corrected chi connectivity index (χ4v) is 3.35. The predicted molar refractivity (Wildman–Crippen MR) is 116 cm³/mol. The maximum atomic E-state index is 11.7. The van der Waals surface area contributed by atoms with Crippen LogP contribution in [0.15, 0.2) is 52.5 Å². The average Bonchev–Trinajstić information content (AvgIpc) is 3.21. The first kappa shape index (κ1) is 21.7. The van der Waals surface area contributed by atoms with Gasteiger partial charge in [-0.05, 0) is 53.2 Å². The van der Waals surface area contributed by atoms with E-state index in [4.69, 9.17) is 21.1 Å². The maximum Gasteiger partial charge on any atom is 0.342 e. The Balaban J connectivity index is 1.77. The fraction of sp³-hybridized carbons (Fsp3) is 0.190. The molecule has 1 heterocycles. The summed E-state index contributed by atoms with van der Waals surface area (Å²) in [5.74, 6) is 0.685. The number of aromatic amines is 1. The van der Waals surface area contributed by atoms with Gasteiger partial charge >= 0.3 is 5.97 Å². The summed E-state index contributed by atoms with van der Waals surface area (Å²) in [6, 6.07) is 12.6. The topological polar surface area (TPSA) is 97.3 Å². The van der Waals surface area contributed by atoms with Crippen molar-refractivity contribution in [2.75, 3.05) is 7.11 Å². The molecule has 156 valence electrons. The molecule has 0 aliphatic rings. The number of H-pyrrole nitrogens is 1. The molecule has 1 aromatic heterocycles. The van der Waals surface area contributed by atoms with Crippen molar-refractivity contribution in [1.82, 2.24) is 15.2 Å². The summed E-state index contributed by atoms with van der Waals surface area (Å²) in [5.41, 5.74) is 1.62. The molecule has 9 heteroatoms. The van der Waals surface area contributed by atoms with Crippen molar-refractivity contribution in [3.05, 3.63) is 69.3 Å². The molecule has 30 heavy (non-hydrogen) atoms. The summed E-state index contributed by atoms with van der Waals surface area (Å²) in [5, 5.41) is 17.4. The Morgan fingerprint density at radius 3 is 2.63 bits per heavy atom. The van der Waals surface area contributed by atoms with Crippen LogP contribution in [0.2, 0.25) is 5.02 Å². The Morgan fingerprint density at radius 2 is 2.00 bits per heavy atom. The van der Waals surface area contributed by atoms with Crippen molar-refractivity contribution in [1.29, 1.82) is 0 Å². The summed E-state index contributed by atoms with van der Waals surface area (Å²) < 4.78 is 11.3. The number of aryl methyl sites for hydroxylation is 1. The minimum atomic E-state index is -1.06. The lowest BCUT2D eigenvalue weighted by Gasteiger charge is -2.12. The second kappa shape index (κ2) is 10.2. The highest BCUT2D eigenvalue weighted by Gasteiger charge is 2.14. The SMILES string of the molecule is CCc1nc(S/C(=C\c2ccc(OCc3ccc(Cl)cc3)c(OC)c2)C(=O)O)n[nH]1. The molecule has 3 rings (SSSR count). The smallest absolute Gasteiger partial charge is 0.342 e. The van der Waals surface area contributed by atoms with Crippen molar-refractivity contribution in [2.45, 2.75) is 25.1 Å². The van der Waals surface area contributed by atoms with Crippen molar-refractivity contribution in [2.24, 2.45) is 0 Å². The number of halogens is 1. The van der Waals surface area contributed by atoms with Gasteiger partial charge in [0.15, 0.2) is 11.5 Å². The lowest BCUT2D eigenvalue weighted by molar-refractivity contribution is -0.131. The van der Waals surface area contributed by atoms with Crippen molar-refractivity contribution in [3.63, 3.8) is 0 Å². The maximum absolute atomic E-state index is 11.7. The summed E-state index contributed by atoms with van der Waals surface area (Å²) in [7, 11) is 1.53. The summed E-state index contributed by atoms with van der Waals surface area (Å²) in [6.45, 7) is 2.29. The number of benzene rings is 2. The van der Waals surface area contributed by atoms with Crippen LogP contribution in [0.4, 0.5) is 0 Å². The van der Waals surface area contributed by atoms with E-state index in [1.165, 1.54) is 7.11 Å². The Kier molecular flexibility index (Phi) is 7.37. The van der Waals surface area contributed by atoms with Gasteiger partial charge < -0.3 is 14.6 Å². The van der Waals surface area contributed by atoms with E-state index in [2.05, 4.69) is 15.2 Å². The highest BCUT2D eigenvalue weighted by molar-refractivity contribution is 8.04. The van der Waals surface area contributed by atoms with E-state index in [0.29, 0.717) is 46.1 Å². The number of hydrogen-bond donors (Lipinski definition) is 2. The molecule has 0 aliphatic carbocycles. The third-order valence-corrected chi connectivity index (χ3v) is 5.18. The summed E-state index contributed by atoms with van der Waals surface area (Å²) in [4.78, 5) is 16.0. The van der Waals surface area contributed by atoms with E-state index in [-0.39, 0.29) is 4.91 Å². The number of methoxy groups -OCH3 is 1. The third-order valence-electron chi connectivity index (χ3n) is 4.05. The van der Waals surface area contributed by atoms with E-state index < -0.39 is 5.97 Å². The molecule has 0 radical (unpaired) electrons. The van der Waals surface area contributed by atoms with Crippen LogP contribution in [0.5, 0.6) is 11.5 Å². The zero-order valence-electron chi connectivity index (χ0n) is 16.4. The number of carboxylic acids is 1. The van der Waals surface area contributed by atoms with E-state index in [0.717, 1.165) is 17.3 Å². The van der Waals surface area contributed by atoms with Gasteiger partial charge in [-0.1, -0.05) is 36.7 Å². The zero-order chi connectivity index (χ0) is 21.5. The number of carbonyl (C=O) groups is 1. The van der Waals surface area contributed by atoms with Gasteiger partial charge in [-0.2, -0.15) is 0 Å². The molecule has 0 unspecified atom stereocenters. The largest absolute Gasteiger partial charge is 0.493 e. The average molecular weight is 446 g/mol. The van der Waals surface area contributed by atoms with Crippen molar-refractivity contribution in [3.8, 4) is 11.5 Å². The highest BCUT2D eigenvalue weighted by Crippen LogP contribution is 2.32. The molecule has 2 N–H and O–H groups in total. The molecular weight excluding hydrogens is 426 g/mol. The van der Waals surface area contributed by atoms with Crippen LogP contribution in [0.3, 0.4) is 0 Å². The van der Waals surface area contributed by atoms with Gasteiger partial charge in [0.2, 0.25) is 5.16 Å². The molecule has 7 nitrogen and oxygen atoms in total. The minimum Gasteiger partial charge on any atom is -0.493 e. The molecule has 0 bridgehead atoms. The number of hydrogen-bond acceptors (Lipinski definition) is 6. The van der Waals surface area contributed by atoms with Crippen molar-refractivity contribution < 1.29 is 19.4 Å². The van der Waals surface area contributed by atoms with Crippen LogP contribution in [0, 0.1) is 0 Å². The normalized spacial score (nSPS) is 11.4. The van der Waals surface area contributed by atoms with Crippen LogP contribution in [-0.4, -0.2) is 33.4 Å². The number of aromatic nitrogens is 3. The van der Waals surface area contributed by atoms with E-state index in [1.54, 1.807) is 36.4 Å². The molecule has 0 amide bonds. The fourth-order valence-electron chi connectivity index (χ4n) is 2.50. The van der Waals surface area contributed by atoms with E-state index >= 15 is 0 Å². The highest BCUT2D eigenvalue weighted by atomic mass is 35.5. The first-order valence-corrected chi connectivity index (χ1v) is 10.3. The van der Waals surface area contributed by atoms with Crippen LogP contribution in [0.25, 0.3) is 6.08 Å². The van der Waals surface area contributed by atoms with Crippen LogP contribution in [0.1, 0.15) is 23.9 Å². The number of thioether (sulfide) groups is 1. The van der Waals surface area contributed by atoms with Crippen LogP contribution in [-0.2, 0) is 17.8 Å². The molecule has 0 saturated heterocycles. The van der Waals surface area contributed by atoms with E-state index in [9.17, 15) is 9.90 Å². The Labute approximate surface area is 183 Å². The monoisotopic (exact) mass is 445 g/mol. The quantitative estimate of drug-likeness (QED) is 0.359. The minimum absolute atomic E-state index is 0.0912. The standard InChI is InChI=1S/C21H20ClN3O4S/c1-3-19-23-21(25-24-19)30-18(20(26)27)11-14-6-9-16(17(10-14)28-2)29-12-13-4-7-15(22)8-5-13/h4-11H,3,12H2,1-2H3,(H,26,27)(H,23,24,25)/b18-11-. The van der Waals surface area contributed by atoms with Gasteiger partial charge in [-0.3, -0.25) is 5.10 Å². The number of nitrogens with zero attached hydrogens (tertiary/aromatic N) is 2. The van der Waals surface area contributed by atoms with Gasteiger partial charge in [0, 0.05) is 11.4 Å². The molecule has 0 aliphatic heterocycles. The molecule has 0 atom stereocenters. The first-order chi connectivity index (χ1) is 14.5. The van der Waals surface area contributed by atoms with E-state index in [1.807, 2.05) is 19.1 Å². The lowest BCUT2D eigenvalue weighted by Crippen LogP contribution is -1.99. The van der Waals surface area contributed by atoms with Gasteiger partial charge in [0.05, 0.1) is 7.11 Å². The van der Waals surface area contributed by atoms with Crippen LogP contribution >= 0.6 is 23.4 Å². The second-order valence-electron chi connectivity index (χ2n) is 6.16. The van der Waals surface area contributed by atoms with Gasteiger partial charge in [0.1, 0.15) is 17.3 Å². The predicted octanol–water partition coefficient (Wildman–Crippen LogP) is 4.83. The van der Waals surface area contributed by atoms with Gasteiger partial charge in [-0.25, -0.2) is 9.78 Å². The third kappa shape index (κ3) is 5.77. The number of ether oxygens (including phenoxy) is 2. The molecule has 3 aromatic rings. The summed E-state index contributed by atoms with van der Waals surface area (Å²) in [6.07, 6.45) is 2.23. The molecule has 0 spiro atoms. The first-order valence-electron chi connectivity index (χ1n) is 9.08. The molecule has 0 fully saturated rings. The zero-order valence-corrected chi connectivity index (χ0v) is 18.0. The Hall–Kier alpha value is -2.97. The Morgan fingerprint density at radius 1 is 1.23 bits per heavy atom. The second-order valence-corrected chi connectivity index (χ2v) is 7.61. The number of nitrogens with one attached hydrogen (secondary N) is 1. The number of rotatable bonds is 9. The lowest BCUT2D eigenvalue weighted by atomic mass is 10.2. The number of carboxylic acid groups (broad SMARTS) is 1. The summed E-state index contributed by atoms with van der Waals surface area (Å²) >= 11 is 6.88. The van der Waals surface area contributed by atoms with Gasteiger partial charge in [-0.15, -0.1) is 5.10 Å². The van der Waals surface area contributed by atoms with Crippen molar-refractivity contribution >= 4 is 35.4 Å². The van der Waals surface area contributed by atoms with Gasteiger partial charge in [0.25, 0.3) is 0 Å².